The highest BCUT2D eigenvalue weighted by Crippen LogP contribution is 1.90. The third-order valence-corrected chi connectivity index (χ3v) is 1.41. The Bertz CT molecular complexity index is 278. The van der Waals surface area contributed by atoms with Crippen LogP contribution in [0.2, 0.25) is 0 Å². The number of fused-ring (bicyclic) bond motifs is 1. The van der Waals surface area contributed by atoms with Crippen molar-refractivity contribution in [2.75, 3.05) is 0 Å². The van der Waals surface area contributed by atoms with Crippen molar-refractivity contribution in [1.29, 1.82) is 0 Å². The van der Waals surface area contributed by atoms with Crippen LogP contribution in [0.25, 0.3) is 5.52 Å². The predicted octanol–water partition coefficient (Wildman–Crippen LogP) is 0.820. The van der Waals surface area contributed by atoms with Crippen LogP contribution in [0.15, 0.2) is 42.7 Å². The van der Waals surface area contributed by atoms with Crippen molar-refractivity contribution in [3.8, 4) is 0 Å². The first-order valence-electron chi connectivity index (χ1n) is 3.18. The van der Waals surface area contributed by atoms with Crippen molar-refractivity contribution >= 4 is 5.52 Å². The Balaban J connectivity index is 2.89. The number of pyridine rings is 1. The summed E-state index contributed by atoms with van der Waals surface area (Å²) in [5, 5.41) is 4.10. The highest BCUT2D eigenvalue weighted by Gasteiger charge is 1.95. The van der Waals surface area contributed by atoms with E-state index in [9.17, 15) is 0 Å². The standard InChI is InChI=1S/C8H7N2/c1-2-7-10-8(4-1)5-3-6-9-10/h1-7H/q+1. The van der Waals surface area contributed by atoms with E-state index >= 15 is 0 Å². The van der Waals surface area contributed by atoms with Gasteiger partial charge < -0.3 is 0 Å². The molecule has 0 aliphatic heterocycles. The molecule has 0 saturated heterocycles. The zero-order chi connectivity index (χ0) is 6.81. The molecule has 0 radical (unpaired) electrons. The molecule has 0 saturated carbocycles. The topological polar surface area (TPSA) is 17.0 Å². The fraction of sp³-hybridized carbons (Fsp3) is 0. The number of hydrogen-bond donors (Lipinski definition) is 0. The van der Waals surface area contributed by atoms with E-state index < -0.39 is 0 Å². The molecule has 0 aliphatic carbocycles. The van der Waals surface area contributed by atoms with Crippen LogP contribution >= 0.6 is 0 Å². The summed E-state index contributed by atoms with van der Waals surface area (Å²) in [6, 6.07) is 9.92. The summed E-state index contributed by atoms with van der Waals surface area (Å²) in [7, 11) is 0. The summed E-state index contributed by atoms with van der Waals surface area (Å²) in [5.41, 5.74) is 1.12. The van der Waals surface area contributed by atoms with Crippen LogP contribution in [0.5, 0.6) is 0 Å². The molecule has 10 heavy (non-hydrogen) atoms. The Labute approximate surface area is 58.7 Å². The van der Waals surface area contributed by atoms with Gasteiger partial charge in [-0.05, 0) is 17.2 Å². The second kappa shape index (κ2) is 2.06. The Morgan fingerprint density at radius 2 is 2.00 bits per heavy atom. The SMILES string of the molecule is c1cc[n+]2ncccc2c1. The highest BCUT2D eigenvalue weighted by molar-refractivity contribution is 5.36. The van der Waals surface area contributed by atoms with Crippen molar-refractivity contribution in [3.05, 3.63) is 42.7 Å². The molecule has 0 aromatic carbocycles. The summed E-state index contributed by atoms with van der Waals surface area (Å²) in [5.74, 6) is 0. The predicted molar refractivity (Wildman–Crippen MR) is 37.4 cm³/mol. The first kappa shape index (κ1) is 5.35. The van der Waals surface area contributed by atoms with Crippen LogP contribution in [0.4, 0.5) is 0 Å². The smallest absolute Gasteiger partial charge is 0.0527 e. The van der Waals surface area contributed by atoms with Gasteiger partial charge in [0.05, 0.1) is 6.20 Å². The fourth-order valence-electron chi connectivity index (χ4n) is 0.937. The van der Waals surface area contributed by atoms with Gasteiger partial charge in [0, 0.05) is 18.2 Å². The minimum Gasteiger partial charge on any atom is -0.0527 e. The van der Waals surface area contributed by atoms with Gasteiger partial charge in [0.25, 0.3) is 0 Å². The van der Waals surface area contributed by atoms with E-state index in [2.05, 4.69) is 5.10 Å². The van der Waals surface area contributed by atoms with Gasteiger partial charge >= 0.3 is 0 Å². The first-order chi connectivity index (χ1) is 4.97. The Morgan fingerprint density at radius 3 is 2.90 bits per heavy atom. The highest BCUT2D eigenvalue weighted by atomic mass is 15.2. The lowest BCUT2D eigenvalue weighted by atomic mass is 10.4. The Hall–Kier alpha value is -1.44. The van der Waals surface area contributed by atoms with E-state index in [1.54, 1.807) is 6.20 Å². The van der Waals surface area contributed by atoms with Crippen LogP contribution in [0.3, 0.4) is 0 Å². The lowest BCUT2D eigenvalue weighted by Gasteiger charge is -1.82. The molecule has 2 aromatic rings. The molecular weight excluding hydrogens is 124 g/mol. The van der Waals surface area contributed by atoms with Crippen molar-refractivity contribution < 1.29 is 4.52 Å². The van der Waals surface area contributed by atoms with E-state index in [4.69, 9.17) is 0 Å². The average molecular weight is 131 g/mol. The lowest BCUT2D eigenvalue weighted by molar-refractivity contribution is -0.580. The molecular formula is C8H7N2+. The van der Waals surface area contributed by atoms with Crippen LogP contribution in [-0.4, -0.2) is 5.10 Å². The molecule has 2 aromatic heterocycles. The maximum absolute atomic E-state index is 4.10. The van der Waals surface area contributed by atoms with Crippen molar-refractivity contribution in [1.82, 2.24) is 5.10 Å². The van der Waals surface area contributed by atoms with Crippen molar-refractivity contribution in [3.63, 3.8) is 0 Å². The van der Waals surface area contributed by atoms with Crippen LogP contribution in [-0.2, 0) is 0 Å². The summed E-state index contributed by atoms with van der Waals surface area (Å²) >= 11 is 0. The quantitative estimate of drug-likeness (QED) is 0.484. The second-order valence-electron chi connectivity index (χ2n) is 2.09. The van der Waals surface area contributed by atoms with Gasteiger partial charge in [-0.1, -0.05) is 4.52 Å². The van der Waals surface area contributed by atoms with Crippen molar-refractivity contribution in [2.24, 2.45) is 0 Å². The Morgan fingerprint density at radius 1 is 1.10 bits per heavy atom. The Kier molecular flexibility index (Phi) is 1.10. The third kappa shape index (κ3) is 0.739. The fourth-order valence-corrected chi connectivity index (χ4v) is 0.937. The molecule has 0 N–H and O–H groups in total. The molecule has 0 bridgehead atoms. The van der Waals surface area contributed by atoms with Crippen LogP contribution in [0.1, 0.15) is 0 Å². The van der Waals surface area contributed by atoms with E-state index in [0.717, 1.165) is 5.52 Å². The normalized spacial score (nSPS) is 10.0. The van der Waals surface area contributed by atoms with Gasteiger partial charge in [-0.2, -0.15) is 0 Å². The molecule has 0 aliphatic rings. The molecule has 2 heterocycles. The van der Waals surface area contributed by atoms with Crippen LogP contribution in [0, 0.1) is 0 Å². The summed E-state index contributed by atoms with van der Waals surface area (Å²) in [4.78, 5) is 0. The number of nitrogens with zero attached hydrogens (tertiary/aromatic N) is 2. The molecule has 0 amide bonds. The first-order valence-corrected chi connectivity index (χ1v) is 3.18. The summed E-state index contributed by atoms with van der Waals surface area (Å²) in [6.07, 6.45) is 3.70. The minimum atomic E-state index is 1.12. The van der Waals surface area contributed by atoms with E-state index in [1.807, 2.05) is 41.0 Å². The minimum absolute atomic E-state index is 1.12. The average Bonchev–Trinajstić information content (AvgIpc) is 2.05. The van der Waals surface area contributed by atoms with Gasteiger partial charge in [-0.15, -0.1) is 0 Å². The van der Waals surface area contributed by atoms with Gasteiger partial charge in [0.15, 0.2) is 0 Å². The van der Waals surface area contributed by atoms with E-state index in [1.165, 1.54) is 0 Å². The van der Waals surface area contributed by atoms with Crippen molar-refractivity contribution in [2.45, 2.75) is 0 Å². The third-order valence-electron chi connectivity index (χ3n) is 1.41. The zero-order valence-electron chi connectivity index (χ0n) is 5.44. The largest absolute Gasteiger partial charge is 0.238 e. The molecule has 0 atom stereocenters. The van der Waals surface area contributed by atoms with Gasteiger partial charge in [0.1, 0.15) is 0 Å². The molecule has 0 unspecified atom stereocenters. The molecule has 2 rings (SSSR count). The molecule has 48 valence electrons. The molecule has 0 fully saturated rings. The van der Waals surface area contributed by atoms with Crippen LogP contribution < -0.4 is 4.52 Å². The van der Waals surface area contributed by atoms with Gasteiger partial charge in [-0.25, -0.2) is 0 Å². The summed E-state index contributed by atoms with van der Waals surface area (Å²) in [6.45, 7) is 0. The molecule has 0 spiro atoms. The number of hydrogen-bond acceptors (Lipinski definition) is 1. The lowest BCUT2D eigenvalue weighted by Crippen LogP contribution is -2.24. The summed E-state index contributed by atoms with van der Waals surface area (Å²) < 4.78 is 1.83. The van der Waals surface area contributed by atoms with E-state index in [-0.39, 0.29) is 0 Å². The van der Waals surface area contributed by atoms with E-state index in [0.29, 0.717) is 0 Å². The second-order valence-corrected chi connectivity index (χ2v) is 2.09. The number of aromatic nitrogens is 2. The number of rotatable bonds is 0. The molecule has 2 heteroatoms. The zero-order valence-corrected chi connectivity index (χ0v) is 5.44. The maximum Gasteiger partial charge on any atom is 0.238 e. The van der Waals surface area contributed by atoms with Gasteiger partial charge in [-0.3, -0.25) is 0 Å². The molecule has 2 nitrogen and oxygen atoms in total. The monoisotopic (exact) mass is 131 g/mol. The van der Waals surface area contributed by atoms with Gasteiger partial charge in [0.2, 0.25) is 11.7 Å². The maximum atomic E-state index is 4.10.